The van der Waals surface area contributed by atoms with Gasteiger partial charge in [-0.3, -0.25) is 9.59 Å². The molecule has 0 bridgehead atoms. The molecule has 0 aliphatic carbocycles. The van der Waals surface area contributed by atoms with Crippen molar-refractivity contribution in [3.05, 3.63) is 40.2 Å². The predicted octanol–water partition coefficient (Wildman–Crippen LogP) is 2.41. The SMILES string of the molecule is COc1ccc2[nH]cc(C(=O)N3CCC(C)CC3)c(=O)c2c1. The first-order valence-electron chi connectivity index (χ1n) is 7.59. The van der Waals surface area contributed by atoms with Gasteiger partial charge in [-0.15, -0.1) is 0 Å². The fourth-order valence-corrected chi connectivity index (χ4v) is 2.87. The average Bonchev–Trinajstić information content (AvgIpc) is 2.55. The number of benzene rings is 1. The molecule has 116 valence electrons. The standard InChI is InChI=1S/C17H20N2O3/c1-11-5-7-19(8-6-11)17(21)14-10-18-15-4-3-12(22-2)9-13(15)16(14)20/h3-4,9-11H,5-8H2,1-2H3,(H,18,20). The number of ether oxygens (including phenoxy) is 1. The van der Waals surface area contributed by atoms with Crippen LogP contribution in [0.5, 0.6) is 5.75 Å². The number of nitrogens with zero attached hydrogens (tertiary/aromatic N) is 1. The fraction of sp³-hybridized carbons (Fsp3) is 0.412. The molecule has 1 saturated heterocycles. The molecule has 1 N–H and O–H groups in total. The topological polar surface area (TPSA) is 62.4 Å². The molecule has 0 radical (unpaired) electrons. The van der Waals surface area contributed by atoms with Crippen LogP contribution in [0.15, 0.2) is 29.2 Å². The number of methoxy groups -OCH3 is 1. The van der Waals surface area contributed by atoms with Gasteiger partial charge < -0.3 is 14.6 Å². The van der Waals surface area contributed by atoms with Gasteiger partial charge in [-0.2, -0.15) is 0 Å². The molecule has 0 unspecified atom stereocenters. The van der Waals surface area contributed by atoms with E-state index in [0.717, 1.165) is 25.9 Å². The molecule has 1 aromatic heterocycles. The van der Waals surface area contributed by atoms with Crippen molar-refractivity contribution >= 4 is 16.8 Å². The van der Waals surface area contributed by atoms with Gasteiger partial charge in [-0.05, 0) is 37.0 Å². The lowest BCUT2D eigenvalue weighted by Gasteiger charge is -2.30. The Hall–Kier alpha value is -2.30. The van der Waals surface area contributed by atoms with Crippen LogP contribution in [0, 0.1) is 5.92 Å². The van der Waals surface area contributed by atoms with E-state index >= 15 is 0 Å². The van der Waals surface area contributed by atoms with Crippen LogP contribution in [0.4, 0.5) is 0 Å². The lowest BCUT2D eigenvalue weighted by Crippen LogP contribution is -2.39. The molecular formula is C17H20N2O3. The van der Waals surface area contributed by atoms with Crippen LogP contribution < -0.4 is 10.2 Å². The Balaban J connectivity index is 1.98. The van der Waals surface area contributed by atoms with E-state index in [9.17, 15) is 9.59 Å². The molecule has 5 heteroatoms. The van der Waals surface area contributed by atoms with Crippen LogP contribution in [-0.4, -0.2) is 36.0 Å². The minimum Gasteiger partial charge on any atom is -0.497 e. The maximum Gasteiger partial charge on any atom is 0.259 e. The van der Waals surface area contributed by atoms with E-state index in [1.807, 2.05) is 0 Å². The number of amides is 1. The third-order valence-corrected chi connectivity index (χ3v) is 4.39. The lowest BCUT2D eigenvalue weighted by atomic mass is 9.98. The molecular weight excluding hydrogens is 280 g/mol. The number of nitrogens with one attached hydrogen (secondary N) is 1. The van der Waals surface area contributed by atoms with E-state index in [4.69, 9.17) is 4.74 Å². The van der Waals surface area contributed by atoms with Crippen molar-refractivity contribution in [1.29, 1.82) is 0 Å². The first-order chi connectivity index (χ1) is 10.6. The van der Waals surface area contributed by atoms with Crippen molar-refractivity contribution in [2.24, 2.45) is 5.92 Å². The van der Waals surface area contributed by atoms with E-state index < -0.39 is 0 Å². The predicted molar refractivity (Wildman–Crippen MR) is 85.4 cm³/mol. The number of likely N-dealkylation sites (tertiary alicyclic amines) is 1. The molecule has 1 amide bonds. The highest BCUT2D eigenvalue weighted by Crippen LogP contribution is 2.19. The molecule has 3 rings (SSSR count). The zero-order valence-corrected chi connectivity index (χ0v) is 12.9. The van der Waals surface area contributed by atoms with Crippen LogP contribution in [-0.2, 0) is 0 Å². The van der Waals surface area contributed by atoms with Gasteiger partial charge in [-0.25, -0.2) is 0 Å². The number of hydrogen-bond acceptors (Lipinski definition) is 3. The van der Waals surface area contributed by atoms with Crippen molar-refractivity contribution in [3.8, 4) is 5.75 Å². The van der Waals surface area contributed by atoms with E-state index in [2.05, 4.69) is 11.9 Å². The third-order valence-electron chi connectivity index (χ3n) is 4.39. The summed E-state index contributed by atoms with van der Waals surface area (Å²) in [6.07, 6.45) is 3.51. The zero-order valence-electron chi connectivity index (χ0n) is 12.9. The second-order valence-corrected chi connectivity index (χ2v) is 5.92. The van der Waals surface area contributed by atoms with Crippen molar-refractivity contribution in [2.75, 3.05) is 20.2 Å². The Morgan fingerprint density at radius 3 is 2.73 bits per heavy atom. The van der Waals surface area contributed by atoms with Gasteiger partial charge in [0.15, 0.2) is 0 Å². The summed E-state index contributed by atoms with van der Waals surface area (Å²) in [5.74, 6) is 1.07. The molecule has 2 aromatic rings. The monoisotopic (exact) mass is 300 g/mol. The molecule has 0 spiro atoms. The highest BCUT2D eigenvalue weighted by Gasteiger charge is 2.23. The average molecular weight is 300 g/mol. The number of hydrogen-bond donors (Lipinski definition) is 1. The second kappa shape index (κ2) is 5.83. The van der Waals surface area contributed by atoms with Crippen LogP contribution in [0.1, 0.15) is 30.1 Å². The molecule has 0 atom stereocenters. The van der Waals surface area contributed by atoms with Gasteiger partial charge in [0.25, 0.3) is 5.91 Å². The number of piperidine rings is 1. The number of aromatic nitrogens is 1. The number of H-pyrrole nitrogens is 1. The molecule has 1 aliphatic heterocycles. The summed E-state index contributed by atoms with van der Waals surface area (Å²) in [7, 11) is 1.55. The zero-order chi connectivity index (χ0) is 15.7. The summed E-state index contributed by atoms with van der Waals surface area (Å²) in [5.41, 5.74) is 0.668. The van der Waals surface area contributed by atoms with Crippen LogP contribution in [0.2, 0.25) is 0 Å². The maximum absolute atomic E-state index is 12.6. The molecule has 0 saturated carbocycles. The number of aromatic amines is 1. The van der Waals surface area contributed by atoms with Gasteiger partial charge in [0.1, 0.15) is 11.3 Å². The van der Waals surface area contributed by atoms with Crippen LogP contribution >= 0.6 is 0 Å². The normalized spacial score (nSPS) is 16.0. The Morgan fingerprint density at radius 2 is 2.05 bits per heavy atom. The van der Waals surface area contributed by atoms with Crippen molar-refractivity contribution in [3.63, 3.8) is 0 Å². The Morgan fingerprint density at radius 1 is 1.32 bits per heavy atom. The highest BCUT2D eigenvalue weighted by atomic mass is 16.5. The molecule has 1 aromatic carbocycles. The number of carbonyl (C=O) groups excluding carboxylic acids is 1. The van der Waals surface area contributed by atoms with E-state index in [-0.39, 0.29) is 16.9 Å². The third kappa shape index (κ3) is 2.58. The number of fused-ring (bicyclic) bond motifs is 1. The smallest absolute Gasteiger partial charge is 0.259 e. The van der Waals surface area contributed by atoms with Gasteiger partial charge in [0, 0.05) is 30.2 Å². The Kier molecular flexibility index (Phi) is 3.88. The first kappa shape index (κ1) is 14.6. The largest absolute Gasteiger partial charge is 0.497 e. The van der Waals surface area contributed by atoms with Crippen molar-refractivity contribution in [1.82, 2.24) is 9.88 Å². The molecule has 2 heterocycles. The second-order valence-electron chi connectivity index (χ2n) is 5.92. The van der Waals surface area contributed by atoms with Crippen LogP contribution in [0.3, 0.4) is 0 Å². The highest BCUT2D eigenvalue weighted by molar-refractivity contribution is 5.97. The van der Waals surface area contributed by atoms with E-state index in [0.29, 0.717) is 22.6 Å². The fourth-order valence-electron chi connectivity index (χ4n) is 2.87. The summed E-state index contributed by atoms with van der Waals surface area (Å²) in [5, 5.41) is 0.482. The Bertz CT molecular complexity index is 758. The summed E-state index contributed by atoms with van der Waals surface area (Å²) >= 11 is 0. The quantitative estimate of drug-likeness (QED) is 0.926. The summed E-state index contributed by atoms with van der Waals surface area (Å²) < 4.78 is 5.16. The van der Waals surface area contributed by atoms with E-state index in [1.165, 1.54) is 6.20 Å². The molecule has 22 heavy (non-hydrogen) atoms. The van der Waals surface area contributed by atoms with E-state index in [1.54, 1.807) is 30.2 Å². The summed E-state index contributed by atoms with van der Waals surface area (Å²) in [4.78, 5) is 30.0. The number of carbonyl (C=O) groups is 1. The molecule has 1 fully saturated rings. The van der Waals surface area contributed by atoms with Crippen molar-refractivity contribution < 1.29 is 9.53 Å². The summed E-state index contributed by atoms with van der Waals surface area (Å²) in [6.45, 7) is 3.63. The Labute approximate surface area is 128 Å². The molecule has 1 aliphatic rings. The van der Waals surface area contributed by atoms with Gasteiger partial charge >= 0.3 is 0 Å². The maximum atomic E-state index is 12.6. The first-order valence-corrected chi connectivity index (χ1v) is 7.59. The minimum absolute atomic E-state index is 0.183. The summed E-state index contributed by atoms with van der Waals surface area (Å²) in [6, 6.07) is 5.24. The van der Waals surface area contributed by atoms with Gasteiger partial charge in [0.2, 0.25) is 5.43 Å². The number of rotatable bonds is 2. The van der Waals surface area contributed by atoms with Crippen molar-refractivity contribution in [2.45, 2.75) is 19.8 Å². The lowest BCUT2D eigenvalue weighted by molar-refractivity contribution is 0.0696. The minimum atomic E-state index is -0.240. The van der Waals surface area contributed by atoms with Gasteiger partial charge in [0.05, 0.1) is 7.11 Å². The molecule has 5 nitrogen and oxygen atoms in total. The van der Waals surface area contributed by atoms with Crippen LogP contribution in [0.25, 0.3) is 10.9 Å². The van der Waals surface area contributed by atoms with Gasteiger partial charge in [-0.1, -0.05) is 6.92 Å². The number of pyridine rings is 1.